The number of sulfonamides is 1. The van der Waals surface area contributed by atoms with Crippen molar-refractivity contribution in [2.75, 3.05) is 18.0 Å². The van der Waals surface area contributed by atoms with Crippen LogP contribution in [0.25, 0.3) is 0 Å². The predicted molar refractivity (Wildman–Crippen MR) is 93.9 cm³/mol. The highest BCUT2D eigenvalue weighted by Crippen LogP contribution is 2.27. The number of hydrogen-bond acceptors (Lipinski definition) is 5. The van der Waals surface area contributed by atoms with Crippen molar-refractivity contribution in [3.63, 3.8) is 0 Å². The van der Waals surface area contributed by atoms with E-state index in [0.717, 1.165) is 24.5 Å². The molecule has 124 valence electrons. The van der Waals surface area contributed by atoms with Crippen molar-refractivity contribution >= 4 is 38.1 Å². The fraction of sp³-hybridized carbons (Fsp3) is 0.400. The molecular formula is C15H18ClN3O2S2. The Morgan fingerprint density at radius 2 is 2.30 bits per heavy atom. The maximum Gasteiger partial charge on any atom is 0.240 e. The minimum absolute atomic E-state index is 0.135. The highest BCUT2D eigenvalue weighted by molar-refractivity contribution is 7.89. The predicted octanol–water partition coefficient (Wildman–Crippen LogP) is 3.05. The molecule has 1 fully saturated rings. The lowest BCUT2D eigenvalue weighted by atomic mass is 10.2. The molecule has 23 heavy (non-hydrogen) atoms. The zero-order chi connectivity index (χ0) is 16.4. The molecule has 0 radical (unpaired) electrons. The van der Waals surface area contributed by atoms with Crippen molar-refractivity contribution < 1.29 is 8.42 Å². The molecule has 1 atom stereocenters. The Kier molecular flexibility index (Phi) is 4.91. The van der Waals surface area contributed by atoms with Crippen LogP contribution in [-0.4, -0.2) is 32.5 Å². The van der Waals surface area contributed by atoms with Crippen LogP contribution >= 0.6 is 22.9 Å². The number of halogens is 1. The van der Waals surface area contributed by atoms with Gasteiger partial charge >= 0.3 is 0 Å². The number of aromatic nitrogens is 1. The van der Waals surface area contributed by atoms with E-state index in [2.05, 4.69) is 14.6 Å². The molecular weight excluding hydrogens is 354 g/mol. The van der Waals surface area contributed by atoms with E-state index in [1.165, 1.54) is 6.07 Å². The van der Waals surface area contributed by atoms with Crippen molar-refractivity contribution in [2.24, 2.45) is 0 Å². The SMILES string of the molecule is Cc1ccc(Cl)cc1S(=O)(=O)NCC1CCCN1c1nccs1. The first-order valence-corrected chi connectivity index (χ1v) is 10.1. The number of aryl methyl sites for hydroxylation is 1. The largest absolute Gasteiger partial charge is 0.344 e. The number of nitrogens with one attached hydrogen (secondary N) is 1. The van der Waals surface area contributed by atoms with Crippen LogP contribution in [0.3, 0.4) is 0 Å². The second-order valence-electron chi connectivity index (χ2n) is 5.57. The first-order chi connectivity index (χ1) is 11.0. The zero-order valence-electron chi connectivity index (χ0n) is 12.7. The Balaban J connectivity index is 1.73. The smallest absolute Gasteiger partial charge is 0.240 e. The quantitative estimate of drug-likeness (QED) is 0.877. The van der Waals surface area contributed by atoms with E-state index < -0.39 is 10.0 Å². The molecule has 0 saturated carbocycles. The van der Waals surface area contributed by atoms with E-state index in [4.69, 9.17) is 11.6 Å². The third-order valence-corrected chi connectivity index (χ3v) is 6.60. The Labute approximate surface area is 145 Å². The van der Waals surface area contributed by atoms with Gasteiger partial charge < -0.3 is 4.90 Å². The van der Waals surface area contributed by atoms with E-state index in [1.54, 1.807) is 36.6 Å². The summed E-state index contributed by atoms with van der Waals surface area (Å²) in [4.78, 5) is 6.74. The molecule has 1 aromatic carbocycles. The fourth-order valence-corrected chi connectivity index (χ4v) is 5.12. The number of benzene rings is 1. The average molecular weight is 372 g/mol. The van der Waals surface area contributed by atoms with Crippen molar-refractivity contribution in [1.82, 2.24) is 9.71 Å². The van der Waals surface area contributed by atoms with Gasteiger partial charge in [-0.15, -0.1) is 11.3 Å². The molecule has 5 nitrogen and oxygen atoms in total. The van der Waals surface area contributed by atoms with E-state index in [-0.39, 0.29) is 10.9 Å². The fourth-order valence-electron chi connectivity index (χ4n) is 2.80. The molecule has 2 heterocycles. The van der Waals surface area contributed by atoms with Crippen LogP contribution in [0.5, 0.6) is 0 Å². The molecule has 1 aliphatic heterocycles. The molecule has 3 rings (SSSR count). The average Bonchev–Trinajstić information content (AvgIpc) is 3.17. The number of rotatable bonds is 5. The standard InChI is InChI=1S/C15H18ClN3O2S2/c1-11-4-5-12(16)9-14(11)23(20,21)18-10-13-3-2-7-19(13)15-17-6-8-22-15/h4-6,8-9,13,18H,2-3,7,10H2,1H3. The van der Waals surface area contributed by atoms with E-state index in [0.29, 0.717) is 17.1 Å². The lowest BCUT2D eigenvalue weighted by Gasteiger charge is -2.24. The number of anilines is 1. The minimum Gasteiger partial charge on any atom is -0.344 e. The van der Waals surface area contributed by atoms with Crippen LogP contribution in [0.1, 0.15) is 18.4 Å². The van der Waals surface area contributed by atoms with Crippen LogP contribution in [0.4, 0.5) is 5.13 Å². The molecule has 1 unspecified atom stereocenters. The Bertz CT molecular complexity index is 778. The monoisotopic (exact) mass is 371 g/mol. The molecule has 0 aliphatic carbocycles. The minimum atomic E-state index is -3.57. The van der Waals surface area contributed by atoms with E-state index >= 15 is 0 Å². The Hall–Kier alpha value is -1.15. The summed E-state index contributed by atoms with van der Waals surface area (Å²) in [6, 6.07) is 5.04. The van der Waals surface area contributed by atoms with Crippen molar-refractivity contribution in [3.8, 4) is 0 Å². The first-order valence-electron chi connectivity index (χ1n) is 7.39. The van der Waals surface area contributed by atoms with Gasteiger partial charge in [-0.1, -0.05) is 17.7 Å². The summed E-state index contributed by atoms with van der Waals surface area (Å²) in [5.41, 5.74) is 0.685. The highest BCUT2D eigenvalue weighted by atomic mass is 35.5. The topological polar surface area (TPSA) is 62.3 Å². The van der Waals surface area contributed by atoms with Gasteiger partial charge in [0.1, 0.15) is 0 Å². The van der Waals surface area contributed by atoms with Gasteiger partial charge in [0.25, 0.3) is 0 Å². The summed E-state index contributed by atoms with van der Waals surface area (Å²) in [6.45, 7) is 3.05. The van der Waals surface area contributed by atoms with Gasteiger partial charge in [-0.05, 0) is 37.5 Å². The first kappa shape index (κ1) is 16.7. The molecule has 8 heteroatoms. The summed E-state index contributed by atoms with van der Waals surface area (Å²) in [5, 5.41) is 3.30. The van der Waals surface area contributed by atoms with E-state index in [1.807, 2.05) is 5.38 Å². The summed E-state index contributed by atoms with van der Waals surface area (Å²) < 4.78 is 27.8. The van der Waals surface area contributed by atoms with Crippen molar-refractivity contribution in [1.29, 1.82) is 0 Å². The summed E-state index contributed by atoms with van der Waals surface area (Å²) in [5.74, 6) is 0. The molecule has 0 spiro atoms. The van der Waals surface area contributed by atoms with Gasteiger partial charge in [-0.25, -0.2) is 18.1 Å². The van der Waals surface area contributed by atoms with Crippen LogP contribution < -0.4 is 9.62 Å². The molecule has 0 amide bonds. The zero-order valence-corrected chi connectivity index (χ0v) is 15.1. The van der Waals surface area contributed by atoms with Gasteiger partial charge in [0.05, 0.1) is 4.90 Å². The highest BCUT2D eigenvalue weighted by Gasteiger charge is 2.28. The Morgan fingerprint density at radius 3 is 3.04 bits per heavy atom. The van der Waals surface area contributed by atoms with Gasteiger partial charge in [0, 0.05) is 35.7 Å². The number of nitrogens with zero attached hydrogens (tertiary/aromatic N) is 2. The van der Waals surface area contributed by atoms with Gasteiger partial charge in [0.2, 0.25) is 10.0 Å². The molecule has 1 aliphatic rings. The lowest BCUT2D eigenvalue weighted by molar-refractivity contribution is 0.566. The molecule has 1 saturated heterocycles. The summed E-state index contributed by atoms with van der Waals surface area (Å²) in [7, 11) is -3.57. The Morgan fingerprint density at radius 1 is 1.48 bits per heavy atom. The second kappa shape index (κ2) is 6.76. The summed E-state index contributed by atoms with van der Waals surface area (Å²) in [6.07, 6.45) is 3.77. The van der Waals surface area contributed by atoms with Crippen LogP contribution in [0.2, 0.25) is 5.02 Å². The molecule has 2 aromatic rings. The number of hydrogen-bond donors (Lipinski definition) is 1. The molecule has 0 bridgehead atoms. The van der Waals surface area contributed by atoms with Crippen LogP contribution in [0.15, 0.2) is 34.7 Å². The number of thiazole rings is 1. The second-order valence-corrected chi connectivity index (χ2v) is 8.61. The maximum atomic E-state index is 12.6. The van der Waals surface area contributed by atoms with Gasteiger partial charge in [-0.3, -0.25) is 0 Å². The third kappa shape index (κ3) is 3.68. The van der Waals surface area contributed by atoms with Gasteiger partial charge in [-0.2, -0.15) is 0 Å². The van der Waals surface area contributed by atoms with Crippen LogP contribution in [-0.2, 0) is 10.0 Å². The van der Waals surface area contributed by atoms with Crippen molar-refractivity contribution in [3.05, 3.63) is 40.4 Å². The lowest BCUT2D eigenvalue weighted by Crippen LogP contribution is -2.40. The van der Waals surface area contributed by atoms with Crippen molar-refractivity contribution in [2.45, 2.75) is 30.7 Å². The molecule has 1 N–H and O–H groups in total. The van der Waals surface area contributed by atoms with Crippen LogP contribution in [0, 0.1) is 6.92 Å². The molecule has 1 aromatic heterocycles. The normalized spacial score (nSPS) is 18.5. The third-order valence-electron chi connectivity index (χ3n) is 3.99. The summed E-state index contributed by atoms with van der Waals surface area (Å²) >= 11 is 7.51. The maximum absolute atomic E-state index is 12.6. The van der Waals surface area contributed by atoms with Gasteiger partial charge in [0.15, 0.2) is 5.13 Å². The van der Waals surface area contributed by atoms with E-state index in [9.17, 15) is 8.42 Å².